The number of carbonyl (C=O) groups is 1. The molecular formula is C8H16INO. The Hall–Kier alpha value is 0.360. The molecule has 0 atom stereocenters. The summed E-state index contributed by atoms with van der Waals surface area (Å²) >= 11 is 0. The van der Waals surface area contributed by atoms with Crippen LogP contribution in [0.3, 0.4) is 0 Å². The smallest absolute Gasteiger partial charge is 0.135 e. The van der Waals surface area contributed by atoms with Crippen LogP contribution in [0, 0.1) is 0 Å². The first-order valence-electron chi connectivity index (χ1n) is 4.07. The number of piperidine rings is 1. The van der Waals surface area contributed by atoms with E-state index in [-0.39, 0.29) is 24.0 Å². The summed E-state index contributed by atoms with van der Waals surface area (Å²) in [6.45, 7) is 5.32. The van der Waals surface area contributed by atoms with Crippen LogP contribution >= 0.6 is 24.0 Å². The number of carbonyl (C=O) groups excluding carboxylic acids is 1. The molecule has 1 saturated heterocycles. The molecule has 0 saturated carbocycles. The summed E-state index contributed by atoms with van der Waals surface area (Å²) in [4.78, 5) is 13.1. The fourth-order valence-corrected chi connectivity index (χ4v) is 1.34. The first-order valence-corrected chi connectivity index (χ1v) is 4.07. The maximum absolute atomic E-state index is 10.8. The van der Waals surface area contributed by atoms with E-state index in [1.54, 1.807) is 0 Å². The molecule has 1 fully saturated rings. The molecule has 0 aromatic carbocycles. The number of Topliss-reactive ketones (excluding diaryl/α,β-unsaturated/α-hetero) is 1. The second-order valence-electron chi connectivity index (χ2n) is 2.88. The summed E-state index contributed by atoms with van der Waals surface area (Å²) in [5, 5.41) is 0. The topological polar surface area (TPSA) is 20.3 Å². The summed E-state index contributed by atoms with van der Waals surface area (Å²) in [6.07, 6.45) is 2.76. The lowest BCUT2D eigenvalue weighted by Gasteiger charge is -2.24. The Bertz CT molecular complexity index is 117. The van der Waals surface area contributed by atoms with Crippen molar-refractivity contribution < 1.29 is 4.79 Å². The highest BCUT2D eigenvalue weighted by Crippen LogP contribution is 2.05. The SMILES string of the molecule is CCCN1CCC(=O)CC1.I. The minimum Gasteiger partial charge on any atom is -0.302 e. The van der Waals surface area contributed by atoms with Gasteiger partial charge in [-0.15, -0.1) is 24.0 Å². The van der Waals surface area contributed by atoms with Crippen molar-refractivity contribution in [2.75, 3.05) is 19.6 Å². The van der Waals surface area contributed by atoms with Gasteiger partial charge >= 0.3 is 0 Å². The molecule has 0 bridgehead atoms. The maximum atomic E-state index is 10.8. The molecule has 0 spiro atoms. The number of hydrogen-bond acceptors (Lipinski definition) is 2. The van der Waals surface area contributed by atoms with Crippen molar-refractivity contribution in [3.8, 4) is 0 Å². The summed E-state index contributed by atoms with van der Waals surface area (Å²) in [7, 11) is 0. The Balaban J connectivity index is 0.000001000. The number of likely N-dealkylation sites (tertiary alicyclic amines) is 1. The summed E-state index contributed by atoms with van der Waals surface area (Å²) in [5.41, 5.74) is 0. The van der Waals surface area contributed by atoms with Crippen LogP contribution in [0.15, 0.2) is 0 Å². The highest BCUT2D eigenvalue weighted by molar-refractivity contribution is 14.0. The van der Waals surface area contributed by atoms with Crippen LogP contribution in [0.4, 0.5) is 0 Å². The van der Waals surface area contributed by atoms with Crippen LogP contribution < -0.4 is 0 Å². The zero-order valence-electron chi connectivity index (χ0n) is 7.01. The predicted octanol–water partition coefficient (Wildman–Crippen LogP) is 1.68. The van der Waals surface area contributed by atoms with Crippen molar-refractivity contribution in [3.05, 3.63) is 0 Å². The van der Waals surface area contributed by atoms with Crippen molar-refractivity contribution in [1.29, 1.82) is 0 Å². The Kier molecular flexibility index (Phi) is 6.14. The van der Waals surface area contributed by atoms with E-state index in [1.165, 1.54) is 6.42 Å². The second-order valence-corrected chi connectivity index (χ2v) is 2.88. The molecule has 0 unspecified atom stereocenters. The van der Waals surface area contributed by atoms with Gasteiger partial charge in [-0.1, -0.05) is 6.92 Å². The Morgan fingerprint density at radius 2 is 1.91 bits per heavy atom. The van der Waals surface area contributed by atoms with E-state index in [2.05, 4.69) is 11.8 Å². The van der Waals surface area contributed by atoms with Crippen LogP contribution in [-0.4, -0.2) is 30.3 Å². The molecule has 0 aromatic rings. The highest BCUT2D eigenvalue weighted by atomic mass is 127. The van der Waals surface area contributed by atoms with Gasteiger partial charge in [0.15, 0.2) is 0 Å². The van der Waals surface area contributed by atoms with Gasteiger partial charge < -0.3 is 4.90 Å². The molecule has 0 radical (unpaired) electrons. The van der Waals surface area contributed by atoms with Gasteiger partial charge in [0, 0.05) is 25.9 Å². The van der Waals surface area contributed by atoms with E-state index < -0.39 is 0 Å². The predicted molar refractivity (Wildman–Crippen MR) is 56.4 cm³/mol. The van der Waals surface area contributed by atoms with Gasteiger partial charge in [0.1, 0.15) is 5.78 Å². The molecule has 3 heteroatoms. The van der Waals surface area contributed by atoms with Gasteiger partial charge in [-0.05, 0) is 13.0 Å². The summed E-state index contributed by atoms with van der Waals surface area (Å²) in [6, 6.07) is 0. The molecule has 2 nitrogen and oxygen atoms in total. The van der Waals surface area contributed by atoms with Crippen LogP contribution in [-0.2, 0) is 4.79 Å². The van der Waals surface area contributed by atoms with Crippen molar-refractivity contribution in [2.45, 2.75) is 26.2 Å². The molecule has 1 aliphatic heterocycles. The molecule has 1 rings (SSSR count). The van der Waals surface area contributed by atoms with E-state index in [1.807, 2.05) is 0 Å². The molecule has 0 aromatic heterocycles. The van der Waals surface area contributed by atoms with E-state index in [9.17, 15) is 4.79 Å². The van der Waals surface area contributed by atoms with E-state index >= 15 is 0 Å². The van der Waals surface area contributed by atoms with Crippen molar-refractivity contribution >= 4 is 29.8 Å². The first kappa shape index (κ1) is 11.4. The number of rotatable bonds is 2. The number of nitrogens with zero attached hydrogens (tertiary/aromatic N) is 1. The van der Waals surface area contributed by atoms with Crippen LogP contribution in [0.25, 0.3) is 0 Å². The largest absolute Gasteiger partial charge is 0.302 e. The summed E-state index contributed by atoms with van der Waals surface area (Å²) < 4.78 is 0. The van der Waals surface area contributed by atoms with Gasteiger partial charge in [-0.2, -0.15) is 0 Å². The molecule has 11 heavy (non-hydrogen) atoms. The second kappa shape index (κ2) is 5.94. The average Bonchev–Trinajstić information content (AvgIpc) is 1.95. The lowest BCUT2D eigenvalue weighted by molar-refractivity contribution is -0.121. The van der Waals surface area contributed by atoms with Gasteiger partial charge in [0.25, 0.3) is 0 Å². The standard InChI is InChI=1S/C8H15NO.HI/c1-2-5-9-6-3-8(10)4-7-9;/h2-7H2,1H3;1H. The Morgan fingerprint density at radius 1 is 1.36 bits per heavy atom. The van der Waals surface area contributed by atoms with Crippen molar-refractivity contribution in [3.63, 3.8) is 0 Å². The fraction of sp³-hybridized carbons (Fsp3) is 0.875. The van der Waals surface area contributed by atoms with E-state index in [0.717, 1.165) is 32.5 Å². The maximum Gasteiger partial charge on any atom is 0.135 e. The third-order valence-corrected chi connectivity index (χ3v) is 1.95. The third-order valence-electron chi connectivity index (χ3n) is 1.95. The normalized spacial score (nSPS) is 19.5. The van der Waals surface area contributed by atoms with E-state index in [4.69, 9.17) is 0 Å². The highest BCUT2D eigenvalue weighted by Gasteiger charge is 2.14. The lowest BCUT2D eigenvalue weighted by Crippen LogP contribution is -2.34. The zero-order valence-corrected chi connectivity index (χ0v) is 9.34. The molecular weight excluding hydrogens is 253 g/mol. The van der Waals surface area contributed by atoms with Crippen LogP contribution in [0.1, 0.15) is 26.2 Å². The molecule has 0 N–H and O–H groups in total. The van der Waals surface area contributed by atoms with Gasteiger partial charge in [0.2, 0.25) is 0 Å². The monoisotopic (exact) mass is 269 g/mol. The van der Waals surface area contributed by atoms with Gasteiger partial charge in [0.05, 0.1) is 0 Å². The first-order chi connectivity index (χ1) is 4.83. The lowest BCUT2D eigenvalue weighted by atomic mass is 10.1. The van der Waals surface area contributed by atoms with Gasteiger partial charge in [-0.3, -0.25) is 4.79 Å². The fourth-order valence-electron chi connectivity index (χ4n) is 1.34. The molecule has 1 aliphatic rings. The summed E-state index contributed by atoms with van der Waals surface area (Å²) in [5.74, 6) is 0.437. The molecule has 0 amide bonds. The van der Waals surface area contributed by atoms with Crippen LogP contribution in [0.2, 0.25) is 0 Å². The number of halogens is 1. The van der Waals surface area contributed by atoms with Crippen LogP contribution in [0.5, 0.6) is 0 Å². The zero-order chi connectivity index (χ0) is 7.40. The average molecular weight is 269 g/mol. The number of ketones is 1. The van der Waals surface area contributed by atoms with Gasteiger partial charge in [-0.25, -0.2) is 0 Å². The quantitative estimate of drug-likeness (QED) is 0.711. The molecule has 0 aliphatic carbocycles. The molecule has 1 heterocycles. The van der Waals surface area contributed by atoms with Crippen molar-refractivity contribution in [1.82, 2.24) is 4.90 Å². The van der Waals surface area contributed by atoms with E-state index in [0.29, 0.717) is 5.78 Å². The third kappa shape index (κ3) is 4.06. The minimum absolute atomic E-state index is 0. The Labute approximate surface area is 85.4 Å². The number of hydrogen-bond donors (Lipinski definition) is 0. The minimum atomic E-state index is 0. The van der Waals surface area contributed by atoms with Crippen molar-refractivity contribution in [2.24, 2.45) is 0 Å². The molecule has 66 valence electrons. The Morgan fingerprint density at radius 3 is 2.36 bits per heavy atom.